The van der Waals surface area contributed by atoms with Crippen molar-refractivity contribution in [3.8, 4) is 11.5 Å². The fraction of sp³-hybridized carbons (Fsp3) is 0.533. The molecular formula is C15H19NO4. The number of amides is 1. The Morgan fingerprint density at radius 2 is 2.15 bits per heavy atom. The van der Waals surface area contributed by atoms with Gasteiger partial charge in [-0.05, 0) is 31.9 Å². The second-order valence-corrected chi connectivity index (χ2v) is 5.66. The molecule has 2 heterocycles. The molecule has 20 heavy (non-hydrogen) atoms. The Hall–Kier alpha value is -1.75. The Kier molecular flexibility index (Phi) is 3.30. The maximum absolute atomic E-state index is 12.6. The number of carbonyl (C=O) groups excluding carboxylic acids is 1. The largest absolute Gasteiger partial charge is 0.486 e. The maximum atomic E-state index is 12.6. The number of carbonyl (C=O) groups is 1. The number of likely N-dealkylation sites (tertiary alicyclic amines) is 1. The SMILES string of the molecule is CC1(O)CCCN(C(=O)c2cccc3c2OCCO3)C1. The molecule has 0 aromatic heterocycles. The molecule has 1 fully saturated rings. The van der Waals surface area contributed by atoms with Crippen LogP contribution in [0.3, 0.4) is 0 Å². The third-order valence-electron chi connectivity index (χ3n) is 3.76. The molecule has 1 aromatic carbocycles. The fourth-order valence-corrected chi connectivity index (χ4v) is 2.81. The Labute approximate surface area is 118 Å². The zero-order valence-electron chi connectivity index (χ0n) is 11.6. The van der Waals surface area contributed by atoms with Gasteiger partial charge < -0.3 is 19.5 Å². The second kappa shape index (κ2) is 4.98. The number of nitrogens with zero attached hydrogens (tertiary/aromatic N) is 1. The number of rotatable bonds is 1. The summed E-state index contributed by atoms with van der Waals surface area (Å²) in [4.78, 5) is 14.3. The highest BCUT2D eigenvalue weighted by molar-refractivity contribution is 5.98. The van der Waals surface area contributed by atoms with Crippen LogP contribution in [0.2, 0.25) is 0 Å². The molecule has 1 unspecified atom stereocenters. The van der Waals surface area contributed by atoms with Gasteiger partial charge in [-0.3, -0.25) is 4.79 Å². The van der Waals surface area contributed by atoms with Gasteiger partial charge in [0, 0.05) is 13.1 Å². The Balaban J connectivity index is 1.87. The van der Waals surface area contributed by atoms with E-state index in [4.69, 9.17) is 9.47 Å². The van der Waals surface area contributed by atoms with Crippen molar-refractivity contribution in [1.29, 1.82) is 0 Å². The molecule has 0 radical (unpaired) electrons. The minimum Gasteiger partial charge on any atom is -0.486 e. The number of aliphatic hydroxyl groups is 1. The number of β-amino-alcohol motifs (C(OH)–C–C–N with tert-alkyl or cyclic N) is 1. The first-order chi connectivity index (χ1) is 9.57. The smallest absolute Gasteiger partial charge is 0.257 e. The van der Waals surface area contributed by atoms with Crippen LogP contribution in [0.15, 0.2) is 18.2 Å². The van der Waals surface area contributed by atoms with E-state index in [1.165, 1.54) is 0 Å². The molecule has 1 saturated heterocycles. The molecule has 1 amide bonds. The summed E-state index contributed by atoms with van der Waals surface area (Å²) in [5.41, 5.74) is -0.292. The number of para-hydroxylation sites is 1. The summed E-state index contributed by atoms with van der Waals surface area (Å²) in [5.74, 6) is 1.03. The summed E-state index contributed by atoms with van der Waals surface area (Å²) in [7, 11) is 0. The molecule has 0 aliphatic carbocycles. The third kappa shape index (κ3) is 2.45. The van der Waals surface area contributed by atoms with Gasteiger partial charge in [-0.2, -0.15) is 0 Å². The first-order valence-corrected chi connectivity index (χ1v) is 6.97. The first-order valence-electron chi connectivity index (χ1n) is 6.97. The van der Waals surface area contributed by atoms with E-state index < -0.39 is 5.60 Å². The quantitative estimate of drug-likeness (QED) is 0.844. The molecule has 0 saturated carbocycles. The lowest BCUT2D eigenvalue weighted by Crippen LogP contribution is -2.48. The molecule has 1 aromatic rings. The topological polar surface area (TPSA) is 59.0 Å². The van der Waals surface area contributed by atoms with Crippen molar-refractivity contribution in [3.05, 3.63) is 23.8 Å². The average Bonchev–Trinajstić information content (AvgIpc) is 2.45. The zero-order valence-corrected chi connectivity index (χ0v) is 11.6. The van der Waals surface area contributed by atoms with Crippen molar-refractivity contribution in [1.82, 2.24) is 4.90 Å². The van der Waals surface area contributed by atoms with E-state index >= 15 is 0 Å². The van der Waals surface area contributed by atoms with Gasteiger partial charge in [0.1, 0.15) is 13.2 Å². The number of hydrogen-bond donors (Lipinski definition) is 1. The third-order valence-corrected chi connectivity index (χ3v) is 3.76. The van der Waals surface area contributed by atoms with Crippen molar-refractivity contribution in [2.45, 2.75) is 25.4 Å². The van der Waals surface area contributed by atoms with Gasteiger partial charge in [-0.1, -0.05) is 6.07 Å². The van der Waals surface area contributed by atoms with E-state index in [1.807, 2.05) is 0 Å². The van der Waals surface area contributed by atoms with Crippen molar-refractivity contribution in [2.24, 2.45) is 0 Å². The van der Waals surface area contributed by atoms with Crippen molar-refractivity contribution in [2.75, 3.05) is 26.3 Å². The second-order valence-electron chi connectivity index (χ2n) is 5.66. The maximum Gasteiger partial charge on any atom is 0.257 e. The highest BCUT2D eigenvalue weighted by Gasteiger charge is 2.33. The van der Waals surface area contributed by atoms with Crippen LogP contribution in [0.25, 0.3) is 0 Å². The predicted molar refractivity (Wildman–Crippen MR) is 73.2 cm³/mol. The van der Waals surface area contributed by atoms with Crippen LogP contribution < -0.4 is 9.47 Å². The van der Waals surface area contributed by atoms with Gasteiger partial charge >= 0.3 is 0 Å². The Morgan fingerprint density at radius 1 is 1.35 bits per heavy atom. The Morgan fingerprint density at radius 3 is 2.95 bits per heavy atom. The fourth-order valence-electron chi connectivity index (χ4n) is 2.81. The van der Waals surface area contributed by atoms with Gasteiger partial charge in [-0.25, -0.2) is 0 Å². The zero-order chi connectivity index (χ0) is 14.2. The van der Waals surface area contributed by atoms with E-state index in [9.17, 15) is 9.90 Å². The monoisotopic (exact) mass is 277 g/mol. The molecule has 5 heteroatoms. The molecule has 0 bridgehead atoms. The highest BCUT2D eigenvalue weighted by atomic mass is 16.6. The summed E-state index contributed by atoms with van der Waals surface area (Å²) >= 11 is 0. The van der Waals surface area contributed by atoms with Crippen LogP contribution >= 0.6 is 0 Å². The lowest BCUT2D eigenvalue weighted by Gasteiger charge is -2.37. The molecule has 5 nitrogen and oxygen atoms in total. The van der Waals surface area contributed by atoms with E-state index in [0.717, 1.165) is 12.8 Å². The normalized spacial score (nSPS) is 25.4. The summed E-state index contributed by atoms with van der Waals surface area (Å²) in [6.07, 6.45) is 1.54. The number of ether oxygens (including phenoxy) is 2. The molecule has 1 N–H and O–H groups in total. The summed E-state index contributed by atoms with van der Waals surface area (Å²) in [6.45, 7) is 3.75. The highest BCUT2D eigenvalue weighted by Crippen LogP contribution is 2.35. The first kappa shape index (κ1) is 13.2. The van der Waals surface area contributed by atoms with Crippen LogP contribution in [0.5, 0.6) is 11.5 Å². The average molecular weight is 277 g/mol. The van der Waals surface area contributed by atoms with Crippen molar-refractivity contribution in [3.63, 3.8) is 0 Å². The van der Waals surface area contributed by atoms with Crippen LogP contribution in [0.1, 0.15) is 30.1 Å². The molecule has 1 atom stereocenters. The van der Waals surface area contributed by atoms with Gasteiger partial charge in [0.05, 0.1) is 11.2 Å². The summed E-state index contributed by atoms with van der Waals surface area (Å²) < 4.78 is 11.1. The van der Waals surface area contributed by atoms with Crippen LogP contribution in [-0.2, 0) is 0 Å². The predicted octanol–water partition coefficient (Wildman–Crippen LogP) is 1.44. The minimum absolute atomic E-state index is 0.104. The minimum atomic E-state index is -0.805. The van der Waals surface area contributed by atoms with Gasteiger partial charge in [0.15, 0.2) is 11.5 Å². The molecule has 108 valence electrons. The van der Waals surface area contributed by atoms with Crippen molar-refractivity contribution < 1.29 is 19.4 Å². The summed E-state index contributed by atoms with van der Waals surface area (Å²) in [6, 6.07) is 5.35. The van der Waals surface area contributed by atoms with Gasteiger partial charge in [0.25, 0.3) is 5.91 Å². The molecule has 0 spiro atoms. The lowest BCUT2D eigenvalue weighted by molar-refractivity contribution is -0.0109. The van der Waals surface area contributed by atoms with Crippen LogP contribution in [-0.4, -0.2) is 47.8 Å². The standard InChI is InChI=1S/C15H19NO4/c1-15(18)6-3-7-16(10-15)14(17)11-4-2-5-12-13(11)20-9-8-19-12/h2,4-5,18H,3,6-10H2,1H3. The van der Waals surface area contributed by atoms with E-state index in [2.05, 4.69) is 0 Å². The molecule has 3 rings (SSSR count). The van der Waals surface area contributed by atoms with E-state index in [0.29, 0.717) is 43.4 Å². The number of benzene rings is 1. The number of hydrogen-bond acceptors (Lipinski definition) is 4. The van der Waals surface area contributed by atoms with Gasteiger partial charge in [-0.15, -0.1) is 0 Å². The Bertz CT molecular complexity index is 527. The van der Waals surface area contributed by atoms with Crippen LogP contribution in [0.4, 0.5) is 0 Å². The van der Waals surface area contributed by atoms with E-state index in [1.54, 1.807) is 30.0 Å². The summed E-state index contributed by atoms with van der Waals surface area (Å²) in [5, 5.41) is 10.1. The molecular weight excluding hydrogens is 258 g/mol. The van der Waals surface area contributed by atoms with Gasteiger partial charge in [0.2, 0.25) is 0 Å². The number of piperidine rings is 1. The van der Waals surface area contributed by atoms with Crippen LogP contribution in [0, 0.1) is 0 Å². The van der Waals surface area contributed by atoms with Crippen molar-refractivity contribution >= 4 is 5.91 Å². The lowest BCUT2D eigenvalue weighted by atomic mass is 9.94. The number of fused-ring (bicyclic) bond motifs is 1. The molecule has 2 aliphatic heterocycles. The molecule has 2 aliphatic rings. The van der Waals surface area contributed by atoms with E-state index in [-0.39, 0.29) is 5.91 Å².